The maximum absolute atomic E-state index is 4.70. The second-order valence-corrected chi connectivity index (χ2v) is 6.49. The average Bonchev–Trinajstić information content (AvgIpc) is 3.21. The van der Waals surface area contributed by atoms with Crippen LogP contribution in [0.5, 0.6) is 0 Å². The summed E-state index contributed by atoms with van der Waals surface area (Å²) in [6.45, 7) is 0. The summed E-state index contributed by atoms with van der Waals surface area (Å²) in [6.07, 6.45) is 5.13. The molecule has 0 fully saturated rings. The van der Waals surface area contributed by atoms with Crippen LogP contribution in [-0.4, -0.2) is 24.9 Å². The first-order chi connectivity index (χ1) is 14.2. The van der Waals surface area contributed by atoms with Crippen LogP contribution in [0.3, 0.4) is 0 Å². The van der Waals surface area contributed by atoms with Gasteiger partial charge in [-0.15, -0.1) is 0 Å². The first-order valence-corrected chi connectivity index (χ1v) is 9.56. The summed E-state index contributed by atoms with van der Waals surface area (Å²) in [7, 11) is 0. The molecule has 8 heteroatoms. The normalized spacial score (nSPS) is 9.33. The number of benzene rings is 1. The molecule has 4 heterocycles. The maximum atomic E-state index is 4.70. The van der Waals surface area contributed by atoms with Crippen LogP contribution in [0.4, 0.5) is 0 Å². The number of imidazole rings is 1. The molecule has 0 aliphatic heterocycles. The Morgan fingerprint density at radius 1 is 0.600 bits per heavy atom. The number of para-hydroxylation sites is 2. The molecule has 5 rings (SSSR count). The quantitative estimate of drug-likeness (QED) is 0.283. The molecule has 5 nitrogen and oxygen atoms in total. The van der Waals surface area contributed by atoms with Crippen molar-refractivity contribution in [2.24, 2.45) is 0 Å². The van der Waals surface area contributed by atoms with E-state index in [1.54, 1.807) is 30.7 Å². The van der Waals surface area contributed by atoms with Crippen molar-refractivity contribution in [1.82, 2.24) is 24.9 Å². The van der Waals surface area contributed by atoms with Crippen LogP contribution in [0.2, 0.25) is 0 Å². The zero-order valence-electron chi connectivity index (χ0n) is 15.7. The Bertz CT molecular complexity index is 1050. The second-order valence-electron chi connectivity index (χ2n) is 5.65. The van der Waals surface area contributed by atoms with Gasteiger partial charge >= 0.3 is 16.5 Å². The number of fused-ring (bicyclic) bond motifs is 1. The summed E-state index contributed by atoms with van der Waals surface area (Å²) in [5.41, 5.74) is 2.88. The van der Waals surface area contributed by atoms with E-state index in [0.717, 1.165) is 22.6 Å². The standard InChI is InChI=1S/C12H9N3.2C5H5NS.Ni/c1-2-6-10-9(5-1)14-12(15-10)11-7-3-4-8-13-11;2*7-5-3-1-2-4-6-5;/h1-8H,(H,14,15);2*1-4H,(H,6,7);/q;;;+2/p-2. The van der Waals surface area contributed by atoms with Crippen molar-refractivity contribution in [2.45, 2.75) is 10.1 Å². The summed E-state index contributed by atoms with van der Waals surface area (Å²) in [5.74, 6) is 0.816. The van der Waals surface area contributed by atoms with E-state index in [0.29, 0.717) is 10.1 Å². The van der Waals surface area contributed by atoms with E-state index in [4.69, 9.17) is 25.3 Å². The first-order valence-electron chi connectivity index (χ1n) is 8.74. The summed E-state index contributed by atoms with van der Waals surface area (Å²) >= 11 is 9.40. The predicted molar refractivity (Wildman–Crippen MR) is 119 cm³/mol. The van der Waals surface area contributed by atoms with Crippen LogP contribution in [0.25, 0.3) is 22.6 Å². The van der Waals surface area contributed by atoms with E-state index in [1.165, 1.54) is 0 Å². The summed E-state index contributed by atoms with van der Waals surface area (Å²) in [6, 6.07) is 24.8. The molecule has 1 aromatic carbocycles. The molecule has 0 aliphatic rings. The van der Waals surface area contributed by atoms with Crippen LogP contribution in [-0.2, 0) is 41.7 Å². The van der Waals surface area contributed by atoms with Crippen LogP contribution < -0.4 is 0 Å². The van der Waals surface area contributed by atoms with Gasteiger partial charge in [0.15, 0.2) is 5.82 Å². The predicted octanol–water partition coefficient (Wildman–Crippen LogP) is 4.60. The molecule has 0 saturated heterocycles. The van der Waals surface area contributed by atoms with Gasteiger partial charge in [-0.05, 0) is 36.4 Å². The molecule has 0 spiro atoms. The van der Waals surface area contributed by atoms with Crippen molar-refractivity contribution in [3.63, 3.8) is 0 Å². The van der Waals surface area contributed by atoms with Crippen LogP contribution >= 0.6 is 0 Å². The van der Waals surface area contributed by atoms with Gasteiger partial charge < -0.3 is 30.2 Å². The SMILES string of the molecule is [Ni+2].[S-]c1ccccn1.[S-]c1ccccn1.c1ccc(-c2nc3ccccc3[nH]2)nc1. The van der Waals surface area contributed by atoms with Crippen molar-refractivity contribution < 1.29 is 16.5 Å². The fourth-order valence-corrected chi connectivity index (χ4v) is 2.55. The Morgan fingerprint density at radius 3 is 1.57 bits per heavy atom. The van der Waals surface area contributed by atoms with Gasteiger partial charge in [0.25, 0.3) is 0 Å². The van der Waals surface area contributed by atoms with Gasteiger partial charge in [0.2, 0.25) is 0 Å². The monoisotopic (exact) mass is 473 g/mol. The van der Waals surface area contributed by atoms with Gasteiger partial charge in [0.1, 0.15) is 5.69 Å². The third kappa shape index (κ3) is 7.48. The zero-order valence-corrected chi connectivity index (χ0v) is 18.3. The first kappa shape index (κ1) is 23.4. The molecule has 152 valence electrons. The Labute approximate surface area is 196 Å². The van der Waals surface area contributed by atoms with E-state index in [9.17, 15) is 0 Å². The van der Waals surface area contributed by atoms with Crippen molar-refractivity contribution in [2.75, 3.05) is 0 Å². The molecule has 30 heavy (non-hydrogen) atoms. The topological polar surface area (TPSA) is 67.3 Å². The van der Waals surface area contributed by atoms with E-state index in [-0.39, 0.29) is 16.5 Å². The number of aromatic amines is 1. The van der Waals surface area contributed by atoms with E-state index in [2.05, 4.69) is 24.9 Å². The molecule has 4 aromatic heterocycles. The molecule has 5 aromatic rings. The van der Waals surface area contributed by atoms with Gasteiger partial charge in [0.05, 0.1) is 11.0 Å². The Morgan fingerprint density at radius 2 is 1.13 bits per heavy atom. The maximum Gasteiger partial charge on any atom is 2.00 e. The molecule has 0 atom stereocenters. The van der Waals surface area contributed by atoms with E-state index >= 15 is 0 Å². The van der Waals surface area contributed by atoms with Crippen LogP contribution in [0.15, 0.2) is 108 Å². The molecule has 0 bridgehead atoms. The number of nitrogens with one attached hydrogen (secondary N) is 1. The van der Waals surface area contributed by atoms with Crippen molar-refractivity contribution in [3.8, 4) is 11.5 Å². The number of hydrogen-bond acceptors (Lipinski definition) is 6. The van der Waals surface area contributed by atoms with Gasteiger partial charge in [-0.1, -0.05) is 52.5 Å². The molecular formula is C22H17N5NiS2. The number of hydrogen-bond donors (Lipinski definition) is 1. The number of H-pyrrole nitrogens is 1. The Kier molecular flexibility index (Phi) is 9.81. The number of aromatic nitrogens is 5. The smallest absolute Gasteiger partial charge is 0.760 e. The fourth-order valence-electron chi connectivity index (χ4n) is 2.27. The van der Waals surface area contributed by atoms with Gasteiger partial charge in [0, 0.05) is 18.6 Å². The number of pyridine rings is 3. The third-order valence-corrected chi connectivity index (χ3v) is 4.06. The van der Waals surface area contributed by atoms with Crippen LogP contribution in [0, 0.1) is 0 Å². The van der Waals surface area contributed by atoms with E-state index in [1.807, 2.05) is 66.7 Å². The summed E-state index contributed by atoms with van der Waals surface area (Å²) in [4.78, 5) is 19.5. The minimum Gasteiger partial charge on any atom is -0.760 e. The Balaban J connectivity index is 0.000000180. The third-order valence-electron chi connectivity index (χ3n) is 3.57. The fraction of sp³-hybridized carbons (Fsp3) is 0. The molecule has 0 radical (unpaired) electrons. The van der Waals surface area contributed by atoms with Crippen molar-refractivity contribution >= 4 is 36.3 Å². The van der Waals surface area contributed by atoms with Gasteiger partial charge in [-0.25, -0.2) is 4.98 Å². The molecule has 0 amide bonds. The molecule has 1 N–H and O–H groups in total. The van der Waals surface area contributed by atoms with Crippen molar-refractivity contribution in [3.05, 3.63) is 97.5 Å². The molecular weight excluding hydrogens is 457 g/mol. The molecule has 0 unspecified atom stereocenters. The Hall–Kier alpha value is -2.93. The second kappa shape index (κ2) is 12.6. The van der Waals surface area contributed by atoms with Crippen LogP contribution in [0.1, 0.15) is 0 Å². The minimum atomic E-state index is 0. The van der Waals surface area contributed by atoms with E-state index < -0.39 is 0 Å². The number of nitrogens with zero attached hydrogens (tertiary/aromatic N) is 4. The summed E-state index contributed by atoms with van der Waals surface area (Å²) < 4.78 is 0. The number of rotatable bonds is 1. The zero-order chi connectivity index (χ0) is 20.3. The van der Waals surface area contributed by atoms with Gasteiger partial charge in [-0.2, -0.15) is 0 Å². The van der Waals surface area contributed by atoms with Gasteiger partial charge in [-0.3, -0.25) is 15.0 Å². The average molecular weight is 474 g/mol. The molecule has 0 aliphatic carbocycles. The largest absolute Gasteiger partial charge is 2.00 e. The van der Waals surface area contributed by atoms with Crippen molar-refractivity contribution in [1.29, 1.82) is 0 Å². The summed E-state index contributed by atoms with van der Waals surface area (Å²) in [5, 5.41) is 1.31. The minimum absolute atomic E-state index is 0. The molecule has 0 saturated carbocycles.